The number of nitrogens with zero attached hydrogens (tertiary/aromatic N) is 1. The Morgan fingerprint density at radius 3 is 2.41 bits per heavy atom. The summed E-state index contributed by atoms with van der Waals surface area (Å²) in [7, 11) is 0. The van der Waals surface area contributed by atoms with E-state index in [1.165, 1.54) is 0 Å². The molecule has 0 aromatic heterocycles. The molecule has 1 rings (SSSR count). The first-order valence-corrected chi connectivity index (χ1v) is 7.38. The first-order chi connectivity index (χ1) is 10.2. The molecule has 0 aliphatic carbocycles. The van der Waals surface area contributed by atoms with Crippen LogP contribution in [0.25, 0.3) is 0 Å². The average Bonchev–Trinajstić information content (AvgIpc) is 2.36. The Balaban J connectivity index is 2.94. The van der Waals surface area contributed by atoms with E-state index in [2.05, 4.69) is 5.32 Å². The molecular weight excluding hydrogens is 284 g/mol. The Kier molecular flexibility index (Phi) is 6.05. The van der Waals surface area contributed by atoms with Crippen molar-refractivity contribution in [2.24, 2.45) is 5.92 Å². The van der Waals surface area contributed by atoms with Crippen LogP contribution in [0.1, 0.15) is 47.3 Å². The predicted molar refractivity (Wildman–Crippen MR) is 85.1 cm³/mol. The van der Waals surface area contributed by atoms with E-state index in [9.17, 15) is 20.0 Å². The molecule has 1 aromatic rings. The van der Waals surface area contributed by atoms with Crippen molar-refractivity contribution in [3.8, 4) is 0 Å². The molecule has 0 heterocycles. The van der Waals surface area contributed by atoms with Crippen molar-refractivity contribution in [1.82, 2.24) is 5.32 Å². The Hall–Kier alpha value is -1.95. The molecule has 1 unspecified atom stereocenters. The summed E-state index contributed by atoms with van der Waals surface area (Å²) in [6.07, 6.45) is -0.0232. The summed E-state index contributed by atoms with van der Waals surface area (Å²) in [6, 6.07) is 1.66. The van der Waals surface area contributed by atoms with Crippen molar-refractivity contribution in [3.63, 3.8) is 0 Å². The van der Waals surface area contributed by atoms with Crippen molar-refractivity contribution < 1.29 is 14.8 Å². The molecule has 0 radical (unpaired) electrons. The van der Waals surface area contributed by atoms with E-state index in [0.29, 0.717) is 35.2 Å². The lowest BCUT2D eigenvalue weighted by atomic mass is 9.96. The summed E-state index contributed by atoms with van der Waals surface area (Å²) in [5.74, 6) is -0.213. The van der Waals surface area contributed by atoms with Crippen LogP contribution in [0.5, 0.6) is 0 Å². The topological polar surface area (TPSA) is 92.5 Å². The molecule has 0 saturated heterocycles. The highest BCUT2D eigenvalue weighted by molar-refractivity contribution is 5.98. The summed E-state index contributed by atoms with van der Waals surface area (Å²) in [6.45, 7) is 9.17. The van der Waals surface area contributed by atoms with E-state index in [4.69, 9.17) is 0 Å². The van der Waals surface area contributed by atoms with Gasteiger partial charge in [0.2, 0.25) is 0 Å². The number of carbonyl (C=O) groups excluding carboxylic acids is 1. The number of nitro groups is 1. The maximum absolute atomic E-state index is 12.3. The molecule has 0 saturated carbocycles. The van der Waals surface area contributed by atoms with Gasteiger partial charge in [-0.05, 0) is 44.7 Å². The molecule has 1 amide bonds. The molecule has 122 valence electrons. The lowest BCUT2D eigenvalue weighted by Crippen LogP contribution is -2.30. The summed E-state index contributed by atoms with van der Waals surface area (Å²) in [4.78, 5) is 23.0. The average molecular weight is 308 g/mol. The highest BCUT2D eigenvalue weighted by atomic mass is 16.6. The van der Waals surface area contributed by atoms with Crippen LogP contribution >= 0.6 is 0 Å². The molecule has 0 fully saturated rings. The zero-order valence-corrected chi connectivity index (χ0v) is 13.8. The summed E-state index contributed by atoms with van der Waals surface area (Å²) in [5.41, 5.74) is 1.97. The summed E-state index contributed by atoms with van der Waals surface area (Å²) < 4.78 is 0. The third-order valence-corrected chi connectivity index (χ3v) is 3.84. The lowest BCUT2D eigenvalue weighted by Gasteiger charge is -2.16. The van der Waals surface area contributed by atoms with Crippen molar-refractivity contribution in [2.75, 3.05) is 6.54 Å². The second kappa shape index (κ2) is 7.35. The molecule has 0 aliphatic heterocycles. The number of aliphatic hydroxyl groups is 1. The monoisotopic (exact) mass is 308 g/mol. The fourth-order valence-corrected chi connectivity index (χ4v) is 2.56. The molecule has 0 bridgehead atoms. The van der Waals surface area contributed by atoms with E-state index in [0.717, 1.165) is 0 Å². The van der Waals surface area contributed by atoms with Gasteiger partial charge in [-0.15, -0.1) is 0 Å². The maximum Gasteiger partial charge on any atom is 0.275 e. The first-order valence-electron chi connectivity index (χ1n) is 7.38. The van der Waals surface area contributed by atoms with Gasteiger partial charge in [0.05, 0.1) is 16.6 Å². The lowest BCUT2D eigenvalue weighted by molar-refractivity contribution is -0.386. The molecule has 1 atom stereocenters. The number of rotatable bonds is 6. The highest BCUT2D eigenvalue weighted by Gasteiger charge is 2.23. The SMILES string of the molecule is Cc1cc(C)c([N+](=O)[O-])c(C)c1C(=O)NCCC(O)C(C)C. The number of nitro benzene ring substituents is 1. The van der Waals surface area contributed by atoms with Crippen LogP contribution in [0.2, 0.25) is 0 Å². The minimum absolute atomic E-state index is 0.0158. The minimum atomic E-state index is -0.477. The van der Waals surface area contributed by atoms with Crippen LogP contribution in [0.3, 0.4) is 0 Å². The van der Waals surface area contributed by atoms with Gasteiger partial charge in [0, 0.05) is 17.7 Å². The van der Waals surface area contributed by atoms with Crippen LogP contribution in [0.4, 0.5) is 5.69 Å². The van der Waals surface area contributed by atoms with Gasteiger partial charge in [-0.2, -0.15) is 0 Å². The minimum Gasteiger partial charge on any atom is -0.393 e. The van der Waals surface area contributed by atoms with Crippen LogP contribution in [0, 0.1) is 36.8 Å². The van der Waals surface area contributed by atoms with Gasteiger partial charge >= 0.3 is 0 Å². The number of hydrogen-bond acceptors (Lipinski definition) is 4. The highest BCUT2D eigenvalue weighted by Crippen LogP contribution is 2.28. The quantitative estimate of drug-likeness (QED) is 0.624. The number of aliphatic hydroxyl groups excluding tert-OH is 1. The molecule has 6 nitrogen and oxygen atoms in total. The normalized spacial score (nSPS) is 12.3. The fourth-order valence-electron chi connectivity index (χ4n) is 2.56. The zero-order valence-electron chi connectivity index (χ0n) is 13.8. The maximum atomic E-state index is 12.3. The number of hydrogen-bond donors (Lipinski definition) is 2. The summed E-state index contributed by atoms with van der Waals surface area (Å²) >= 11 is 0. The number of amides is 1. The van der Waals surface area contributed by atoms with E-state index in [-0.39, 0.29) is 17.5 Å². The van der Waals surface area contributed by atoms with Crippen molar-refractivity contribution in [3.05, 3.63) is 38.4 Å². The zero-order chi connectivity index (χ0) is 17.0. The Bertz CT molecular complexity index is 582. The molecule has 0 spiro atoms. The van der Waals surface area contributed by atoms with E-state index >= 15 is 0 Å². The third-order valence-electron chi connectivity index (χ3n) is 3.84. The Morgan fingerprint density at radius 2 is 1.91 bits per heavy atom. The molecule has 0 aliphatic rings. The summed E-state index contributed by atoms with van der Waals surface area (Å²) in [5, 5.41) is 23.6. The third kappa shape index (κ3) is 4.04. The van der Waals surface area contributed by atoms with Gasteiger partial charge < -0.3 is 10.4 Å². The number of aryl methyl sites for hydroxylation is 2. The largest absolute Gasteiger partial charge is 0.393 e. The Labute approximate surface area is 130 Å². The van der Waals surface area contributed by atoms with Crippen molar-refractivity contribution in [2.45, 2.75) is 47.1 Å². The second-order valence-electron chi connectivity index (χ2n) is 5.97. The van der Waals surface area contributed by atoms with Gasteiger partial charge in [0.25, 0.3) is 11.6 Å². The number of carbonyl (C=O) groups is 1. The van der Waals surface area contributed by atoms with Gasteiger partial charge in [-0.1, -0.05) is 13.8 Å². The first kappa shape index (κ1) is 18.1. The van der Waals surface area contributed by atoms with Crippen LogP contribution in [-0.4, -0.2) is 28.6 Å². The van der Waals surface area contributed by atoms with E-state index < -0.39 is 11.0 Å². The van der Waals surface area contributed by atoms with Crippen LogP contribution in [0.15, 0.2) is 6.07 Å². The fraction of sp³-hybridized carbons (Fsp3) is 0.562. The van der Waals surface area contributed by atoms with Gasteiger partial charge in [0.1, 0.15) is 0 Å². The standard InChI is InChI=1S/C16H24N2O4/c1-9(2)13(19)6-7-17-16(20)14-10(3)8-11(4)15(12(14)5)18(21)22/h8-9,13,19H,6-7H2,1-5H3,(H,17,20). The molecule has 1 aromatic carbocycles. The molecule has 2 N–H and O–H groups in total. The number of nitrogens with one attached hydrogen (secondary N) is 1. The molecule has 6 heteroatoms. The predicted octanol–water partition coefficient (Wildman–Crippen LogP) is 2.66. The van der Waals surface area contributed by atoms with Crippen molar-refractivity contribution in [1.29, 1.82) is 0 Å². The Morgan fingerprint density at radius 1 is 1.32 bits per heavy atom. The van der Waals surface area contributed by atoms with Gasteiger partial charge in [0.15, 0.2) is 0 Å². The smallest absolute Gasteiger partial charge is 0.275 e. The van der Waals surface area contributed by atoms with Crippen LogP contribution in [-0.2, 0) is 0 Å². The second-order valence-corrected chi connectivity index (χ2v) is 5.97. The van der Waals surface area contributed by atoms with Crippen LogP contribution < -0.4 is 5.32 Å². The van der Waals surface area contributed by atoms with Gasteiger partial charge in [-0.3, -0.25) is 14.9 Å². The molecule has 22 heavy (non-hydrogen) atoms. The van der Waals surface area contributed by atoms with E-state index in [1.807, 2.05) is 13.8 Å². The van der Waals surface area contributed by atoms with Crippen molar-refractivity contribution >= 4 is 11.6 Å². The van der Waals surface area contributed by atoms with E-state index in [1.54, 1.807) is 26.8 Å². The number of benzene rings is 1. The van der Waals surface area contributed by atoms with Gasteiger partial charge in [-0.25, -0.2) is 0 Å². The molecular formula is C16H24N2O4.